The molecule has 25 heavy (non-hydrogen) atoms. The van der Waals surface area contributed by atoms with Crippen LogP contribution in [0.5, 0.6) is 0 Å². The fourth-order valence-corrected chi connectivity index (χ4v) is 2.78. The third kappa shape index (κ3) is 3.63. The SMILES string of the molecule is Cc1noc(C)c1CC(=O)NCc1cc(N(C)C)nc2ccccc12. The molecule has 1 amide bonds. The molecule has 1 aromatic carbocycles. The van der Waals surface area contributed by atoms with Crippen LogP contribution in [0.25, 0.3) is 10.9 Å². The number of hydrogen-bond acceptors (Lipinski definition) is 5. The maximum atomic E-state index is 12.3. The van der Waals surface area contributed by atoms with E-state index in [9.17, 15) is 4.79 Å². The van der Waals surface area contributed by atoms with Gasteiger partial charge in [-0.05, 0) is 31.5 Å². The van der Waals surface area contributed by atoms with Crippen LogP contribution in [0.15, 0.2) is 34.9 Å². The lowest BCUT2D eigenvalue weighted by Gasteiger charge is -2.15. The first-order valence-electron chi connectivity index (χ1n) is 8.20. The highest BCUT2D eigenvalue weighted by atomic mass is 16.5. The van der Waals surface area contributed by atoms with Gasteiger partial charge in [-0.2, -0.15) is 0 Å². The molecule has 0 spiro atoms. The van der Waals surface area contributed by atoms with Gasteiger partial charge >= 0.3 is 0 Å². The number of pyridine rings is 1. The molecule has 1 N–H and O–H groups in total. The molecule has 2 heterocycles. The van der Waals surface area contributed by atoms with E-state index < -0.39 is 0 Å². The summed E-state index contributed by atoms with van der Waals surface area (Å²) in [5, 5.41) is 7.93. The summed E-state index contributed by atoms with van der Waals surface area (Å²) in [6.45, 7) is 4.12. The number of carbonyl (C=O) groups is 1. The van der Waals surface area contributed by atoms with Crippen molar-refractivity contribution in [3.63, 3.8) is 0 Å². The molecule has 6 nitrogen and oxygen atoms in total. The first kappa shape index (κ1) is 17.0. The number of rotatable bonds is 5. The molecule has 6 heteroatoms. The Kier molecular flexibility index (Phi) is 4.70. The summed E-state index contributed by atoms with van der Waals surface area (Å²) in [5.41, 5.74) is 3.58. The van der Waals surface area contributed by atoms with Crippen LogP contribution in [-0.4, -0.2) is 30.1 Å². The summed E-state index contributed by atoms with van der Waals surface area (Å²) in [5.74, 6) is 1.51. The van der Waals surface area contributed by atoms with Gasteiger partial charge in [-0.25, -0.2) is 4.98 Å². The molecule has 0 aliphatic rings. The summed E-state index contributed by atoms with van der Waals surface area (Å²) in [4.78, 5) is 18.9. The number of nitrogens with one attached hydrogen (secondary N) is 1. The van der Waals surface area contributed by atoms with Gasteiger partial charge in [0.05, 0.1) is 17.6 Å². The third-order valence-corrected chi connectivity index (χ3v) is 4.24. The molecular formula is C19H22N4O2. The van der Waals surface area contributed by atoms with Gasteiger partial charge in [-0.3, -0.25) is 4.79 Å². The van der Waals surface area contributed by atoms with E-state index in [2.05, 4.69) is 15.5 Å². The molecule has 0 atom stereocenters. The van der Waals surface area contributed by atoms with E-state index in [1.807, 2.05) is 63.2 Å². The van der Waals surface area contributed by atoms with Gasteiger partial charge in [0.25, 0.3) is 0 Å². The summed E-state index contributed by atoms with van der Waals surface area (Å²) in [6.07, 6.45) is 0.269. The van der Waals surface area contributed by atoms with Gasteiger partial charge in [0.1, 0.15) is 11.6 Å². The minimum atomic E-state index is -0.0540. The van der Waals surface area contributed by atoms with Gasteiger partial charge in [-0.15, -0.1) is 0 Å². The Hall–Kier alpha value is -2.89. The first-order chi connectivity index (χ1) is 12.0. The normalized spacial score (nSPS) is 10.9. The summed E-state index contributed by atoms with van der Waals surface area (Å²) in [6, 6.07) is 9.97. The number of aryl methyl sites for hydroxylation is 2. The number of para-hydroxylation sites is 1. The molecule has 2 aromatic heterocycles. The van der Waals surface area contributed by atoms with Gasteiger partial charge in [0.15, 0.2) is 0 Å². The zero-order valence-corrected chi connectivity index (χ0v) is 15.0. The van der Waals surface area contributed by atoms with Crippen LogP contribution < -0.4 is 10.2 Å². The Morgan fingerprint density at radius 2 is 2.00 bits per heavy atom. The number of benzene rings is 1. The van der Waals surface area contributed by atoms with Crippen molar-refractivity contribution in [1.82, 2.24) is 15.5 Å². The fourth-order valence-electron chi connectivity index (χ4n) is 2.78. The molecule has 0 saturated carbocycles. The largest absolute Gasteiger partial charge is 0.363 e. The molecule has 0 aliphatic carbocycles. The second-order valence-electron chi connectivity index (χ2n) is 6.31. The van der Waals surface area contributed by atoms with Crippen molar-refractivity contribution in [2.24, 2.45) is 0 Å². The predicted octanol–water partition coefficient (Wildman–Crippen LogP) is 2.76. The number of amides is 1. The number of anilines is 1. The first-order valence-corrected chi connectivity index (χ1v) is 8.20. The van der Waals surface area contributed by atoms with Crippen LogP contribution in [0.2, 0.25) is 0 Å². The minimum absolute atomic E-state index is 0.0540. The van der Waals surface area contributed by atoms with Gasteiger partial charge in [-0.1, -0.05) is 23.4 Å². The lowest BCUT2D eigenvalue weighted by atomic mass is 10.1. The lowest BCUT2D eigenvalue weighted by molar-refractivity contribution is -0.120. The van der Waals surface area contributed by atoms with Crippen LogP contribution in [0.3, 0.4) is 0 Å². The quantitative estimate of drug-likeness (QED) is 0.774. The Labute approximate surface area is 146 Å². The molecule has 0 radical (unpaired) electrons. The van der Waals surface area contributed by atoms with E-state index >= 15 is 0 Å². The highest BCUT2D eigenvalue weighted by Gasteiger charge is 2.14. The number of carbonyl (C=O) groups excluding carboxylic acids is 1. The second-order valence-corrected chi connectivity index (χ2v) is 6.31. The average Bonchev–Trinajstić information content (AvgIpc) is 2.91. The van der Waals surface area contributed by atoms with E-state index in [1.54, 1.807) is 0 Å². The van der Waals surface area contributed by atoms with E-state index in [4.69, 9.17) is 4.52 Å². The standard InChI is InChI=1S/C19H22N4O2/c1-12-16(13(2)25-22-12)10-19(24)20-11-14-9-18(23(3)4)21-17-8-6-5-7-15(14)17/h5-9H,10-11H2,1-4H3,(H,20,24). The summed E-state index contributed by atoms with van der Waals surface area (Å²) < 4.78 is 5.11. The highest BCUT2D eigenvalue weighted by molar-refractivity contribution is 5.85. The topological polar surface area (TPSA) is 71.3 Å². The van der Waals surface area contributed by atoms with Crippen LogP contribution in [0.4, 0.5) is 5.82 Å². The number of fused-ring (bicyclic) bond motifs is 1. The molecule has 3 aromatic rings. The molecule has 0 bridgehead atoms. The molecule has 0 aliphatic heterocycles. The Morgan fingerprint density at radius 1 is 1.24 bits per heavy atom. The van der Waals surface area contributed by atoms with Crippen molar-refractivity contribution in [3.05, 3.63) is 52.9 Å². The molecule has 3 rings (SSSR count). The maximum absolute atomic E-state index is 12.3. The number of aromatic nitrogens is 2. The summed E-state index contributed by atoms with van der Waals surface area (Å²) >= 11 is 0. The van der Waals surface area contributed by atoms with Crippen molar-refractivity contribution >= 4 is 22.6 Å². The van der Waals surface area contributed by atoms with E-state index in [0.29, 0.717) is 12.3 Å². The monoisotopic (exact) mass is 338 g/mol. The lowest BCUT2D eigenvalue weighted by Crippen LogP contribution is -2.25. The predicted molar refractivity (Wildman–Crippen MR) is 97.6 cm³/mol. The van der Waals surface area contributed by atoms with Crippen molar-refractivity contribution in [2.75, 3.05) is 19.0 Å². The number of nitrogens with zero attached hydrogens (tertiary/aromatic N) is 3. The van der Waals surface area contributed by atoms with Gasteiger partial charge in [0, 0.05) is 31.6 Å². The molecule has 130 valence electrons. The molecule has 0 fully saturated rings. The smallest absolute Gasteiger partial charge is 0.224 e. The Morgan fingerprint density at radius 3 is 2.68 bits per heavy atom. The zero-order valence-electron chi connectivity index (χ0n) is 15.0. The molecule has 0 saturated heterocycles. The van der Waals surface area contributed by atoms with Gasteiger partial charge < -0.3 is 14.7 Å². The Balaban J connectivity index is 1.79. The second kappa shape index (κ2) is 6.93. The molecular weight excluding hydrogens is 316 g/mol. The van der Waals surface area contributed by atoms with Crippen molar-refractivity contribution in [2.45, 2.75) is 26.8 Å². The van der Waals surface area contributed by atoms with Crippen LogP contribution in [0, 0.1) is 13.8 Å². The average molecular weight is 338 g/mol. The van der Waals surface area contributed by atoms with E-state index in [-0.39, 0.29) is 12.3 Å². The maximum Gasteiger partial charge on any atom is 0.224 e. The summed E-state index contributed by atoms with van der Waals surface area (Å²) in [7, 11) is 3.91. The van der Waals surface area contributed by atoms with Crippen molar-refractivity contribution in [1.29, 1.82) is 0 Å². The Bertz CT molecular complexity index is 895. The van der Waals surface area contributed by atoms with Crippen molar-refractivity contribution in [3.8, 4) is 0 Å². The molecule has 0 unspecified atom stereocenters. The van der Waals surface area contributed by atoms with Crippen LogP contribution in [-0.2, 0) is 17.8 Å². The minimum Gasteiger partial charge on any atom is -0.363 e. The number of hydrogen-bond donors (Lipinski definition) is 1. The van der Waals surface area contributed by atoms with E-state index in [1.165, 1.54) is 0 Å². The van der Waals surface area contributed by atoms with E-state index in [0.717, 1.165) is 33.5 Å². The third-order valence-electron chi connectivity index (χ3n) is 4.24. The van der Waals surface area contributed by atoms with Crippen molar-refractivity contribution < 1.29 is 9.32 Å². The zero-order chi connectivity index (χ0) is 18.0. The van der Waals surface area contributed by atoms with Crippen LogP contribution in [0.1, 0.15) is 22.6 Å². The van der Waals surface area contributed by atoms with Gasteiger partial charge in [0.2, 0.25) is 5.91 Å². The van der Waals surface area contributed by atoms with Crippen LogP contribution >= 0.6 is 0 Å². The highest BCUT2D eigenvalue weighted by Crippen LogP contribution is 2.22. The fraction of sp³-hybridized carbons (Fsp3) is 0.316.